The molecular weight excluding hydrogens is 519 g/mol. The summed E-state index contributed by atoms with van der Waals surface area (Å²) in [6.07, 6.45) is 0.0687. The third-order valence-corrected chi connectivity index (χ3v) is 9.13. The SMILES string of the molecule is O=C(Cc1ccccc1Cl)N=C1S[C@H]2CS(=O)(=O)C[C@@H]2N1c1ccc(Br)cc1Cl. The number of fused-ring (bicyclic) bond motifs is 1. The second kappa shape index (κ2) is 8.23. The number of aliphatic imine (C=N–C) groups is 1. The average molecular weight is 534 g/mol. The second-order valence-corrected chi connectivity index (χ2v) is 11.9. The summed E-state index contributed by atoms with van der Waals surface area (Å²) in [5, 5.41) is 1.25. The van der Waals surface area contributed by atoms with Gasteiger partial charge in [-0.05, 0) is 29.8 Å². The largest absolute Gasteiger partial charge is 0.314 e. The molecule has 2 atom stereocenters. The van der Waals surface area contributed by atoms with Gasteiger partial charge in [0.25, 0.3) is 5.91 Å². The van der Waals surface area contributed by atoms with Gasteiger partial charge in [0.1, 0.15) is 0 Å². The molecule has 2 aromatic carbocycles. The second-order valence-electron chi connectivity index (χ2n) is 6.82. The lowest BCUT2D eigenvalue weighted by Crippen LogP contribution is -2.38. The number of hydrogen-bond donors (Lipinski definition) is 0. The van der Waals surface area contributed by atoms with Gasteiger partial charge in [-0.3, -0.25) is 4.79 Å². The lowest BCUT2D eigenvalue weighted by Gasteiger charge is -2.25. The number of halogens is 3. The molecule has 5 nitrogen and oxygen atoms in total. The highest BCUT2D eigenvalue weighted by Gasteiger charge is 2.49. The molecule has 0 unspecified atom stereocenters. The van der Waals surface area contributed by atoms with Crippen LogP contribution in [0.25, 0.3) is 0 Å². The minimum absolute atomic E-state index is 0.00871. The molecular formula is C19H15BrCl2N2O3S2. The quantitative estimate of drug-likeness (QED) is 0.576. The molecule has 2 aromatic rings. The van der Waals surface area contributed by atoms with Crippen LogP contribution in [0.2, 0.25) is 10.0 Å². The van der Waals surface area contributed by atoms with Gasteiger partial charge in [-0.1, -0.05) is 69.1 Å². The maximum atomic E-state index is 12.6. The van der Waals surface area contributed by atoms with Gasteiger partial charge in [-0.15, -0.1) is 0 Å². The highest BCUT2D eigenvalue weighted by Crippen LogP contribution is 2.43. The van der Waals surface area contributed by atoms with Gasteiger partial charge in [0.05, 0.1) is 34.7 Å². The molecule has 0 N–H and O–H groups in total. The van der Waals surface area contributed by atoms with Crippen LogP contribution in [0.1, 0.15) is 5.56 Å². The molecule has 2 aliphatic heterocycles. The third-order valence-electron chi connectivity index (χ3n) is 4.76. The van der Waals surface area contributed by atoms with Gasteiger partial charge in [-0.2, -0.15) is 4.99 Å². The Morgan fingerprint density at radius 3 is 2.66 bits per heavy atom. The average Bonchev–Trinajstić information content (AvgIpc) is 3.08. The molecule has 0 spiro atoms. The molecule has 2 aliphatic rings. The number of amidine groups is 1. The monoisotopic (exact) mass is 532 g/mol. The fraction of sp³-hybridized carbons (Fsp3) is 0.263. The Bertz CT molecular complexity index is 1120. The first-order valence-electron chi connectivity index (χ1n) is 8.70. The summed E-state index contributed by atoms with van der Waals surface area (Å²) in [7, 11) is -3.15. The molecule has 2 saturated heterocycles. The zero-order valence-electron chi connectivity index (χ0n) is 14.9. The van der Waals surface area contributed by atoms with Gasteiger partial charge in [0.15, 0.2) is 15.0 Å². The van der Waals surface area contributed by atoms with Crippen molar-refractivity contribution >= 4 is 77.5 Å². The number of carbonyl (C=O) groups is 1. The summed E-state index contributed by atoms with van der Waals surface area (Å²) < 4.78 is 25.1. The predicted molar refractivity (Wildman–Crippen MR) is 123 cm³/mol. The summed E-state index contributed by atoms with van der Waals surface area (Å²) in [6.45, 7) is 0. The maximum absolute atomic E-state index is 12.6. The highest BCUT2D eigenvalue weighted by molar-refractivity contribution is 9.10. The minimum atomic E-state index is -3.15. The van der Waals surface area contributed by atoms with Crippen molar-refractivity contribution in [2.24, 2.45) is 4.99 Å². The Morgan fingerprint density at radius 2 is 1.93 bits per heavy atom. The van der Waals surface area contributed by atoms with E-state index in [0.29, 0.717) is 26.5 Å². The number of hydrogen-bond acceptors (Lipinski definition) is 4. The van der Waals surface area contributed by atoms with Crippen LogP contribution >= 0.6 is 50.9 Å². The number of rotatable bonds is 3. The van der Waals surface area contributed by atoms with E-state index in [1.165, 1.54) is 11.8 Å². The number of thioether (sulfide) groups is 1. The zero-order chi connectivity index (χ0) is 20.8. The molecule has 29 heavy (non-hydrogen) atoms. The van der Waals surface area contributed by atoms with Crippen molar-refractivity contribution < 1.29 is 13.2 Å². The van der Waals surface area contributed by atoms with Crippen molar-refractivity contribution in [3.63, 3.8) is 0 Å². The molecule has 0 radical (unpaired) electrons. The topological polar surface area (TPSA) is 66.8 Å². The van der Waals surface area contributed by atoms with Crippen LogP contribution in [0.4, 0.5) is 5.69 Å². The predicted octanol–water partition coefficient (Wildman–Crippen LogP) is 4.60. The Labute approximate surface area is 191 Å². The fourth-order valence-electron chi connectivity index (χ4n) is 3.47. The molecule has 2 fully saturated rings. The fourth-order valence-corrected chi connectivity index (χ4v) is 8.36. The molecule has 1 amide bonds. The molecule has 10 heteroatoms. The van der Waals surface area contributed by atoms with Crippen LogP contribution in [0.5, 0.6) is 0 Å². The van der Waals surface area contributed by atoms with E-state index in [9.17, 15) is 13.2 Å². The summed E-state index contributed by atoms with van der Waals surface area (Å²) in [4.78, 5) is 18.7. The number of benzene rings is 2. The number of nitrogens with zero attached hydrogens (tertiary/aromatic N) is 2. The first-order chi connectivity index (χ1) is 13.7. The number of carbonyl (C=O) groups excluding carboxylic acids is 1. The summed E-state index contributed by atoms with van der Waals surface area (Å²) in [5.41, 5.74) is 1.33. The van der Waals surface area contributed by atoms with Crippen molar-refractivity contribution in [1.82, 2.24) is 0 Å². The van der Waals surface area contributed by atoms with Gasteiger partial charge >= 0.3 is 0 Å². The van der Waals surface area contributed by atoms with Crippen LogP contribution in [-0.2, 0) is 21.1 Å². The van der Waals surface area contributed by atoms with E-state index >= 15 is 0 Å². The van der Waals surface area contributed by atoms with Crippen molar-refractivity contribution in [2.45, 2.75) is 17.7 Å². The van der Waals surface area contributed by atoms with Crippen molar-refractivity contribution in [3.05, 3.63) is 62.5 Å². The number of anilines is 1. The first kappa shape index (κ1) is 21.2. The van der Waals surface area contributed by atoms with E-state index in [2.05, 4.69) is 20.9 Å². The third kappa shape index (κ3) is 4.51. The smallest absolute Gasteiger partial charge is 0.252 e. The highest BCUT2D eigenvalue weighted by atomic mass is 79.9. The zero-order valence-corrected chi connectivity index (χ0v) is 19.6. The van der Waals surface area contributed by atoms with Gasteiger partial charge in [0.2, 0.25) is 0 Å². The van der Waals surface area contributed by atoms with Gasteiger partial charge in [-0.25, -0.2) is 8.42 Å². The molecule has 2 heterocycles. The van der Waals surface area contributed by atoms with E-state index in [-0.39, 0.29) is 35.1 Å². The van der Waals surface area contributed by atoms with Crippen LogP contribution in [0.15, 0.2) is 51.9 Å². The number of amides is 1. The van der Waals surface area contributed by atoms with Crippen LogP contribution < -0.4 is 4.90 Å². The van der Waals surface area contributed by atoms with Crippen LogP contribution in [0, 0.1) is 0 Å². The minimum Gasteiger partial charge on any atom is -0.314 e. The Balaban J connectivity index is 1.68. The Kier molecular flexibility index (Phi) is 6.01. The lowest BCUT2D eigenvalue weighted by atomic mass is 10.1. The summed E-state index contributed by atoms with van der Waals surface area (Å²) in [6, 6.07) is 12.2. The van der Waals surface area contributed by atoms with Gasteiger partial charge in [0, 0.05) is 14.7 Å². The molecule has 0 aromatic heterocycles. The summed E-state index contributed by atoms with van der Waals surface area (Å²) in [5.74, 6) is -0.277. The Morgan fingerprint density at radius 1 is 1.17 bits per heavy atom. The Hall–Kier alpha value is -1.06. The van der Waals surface area contributed by atoms with Gasteiger partial charge < -0.3 is 4.90 Å². The van der Waals surface area contributed by atoms with E-state index in [0.717, 1.165) is 4.47 Å². The molecule has 0 saturated carbocycles. The van der Waals surface area contributed by atoms with Crippen LogP contribution in [-0.4, -0.2) is 42.3 Å². The number of sulfone groups is 1. The molecule has 0 aliphatic carbocycles. The van der Waals surface area contributed by atoms with E-state index in [1.807, 2.05) is 12.1 Å². The van der Waals surface area contributed by atoms with E-state index in [4.69, 9.17) is 23.2 Å². The van der Waals surface area contributed by atoms with E-state index in [1.54, 1.807) is 35.2 Å². The van der Waals surface area contributed by atoms with E-state index < -0.39 is 9.84 Å². The lowest BCUT2D eigenvalue weighted by molar-refractivity contribution is -0.117. The van der Waals surface area contributed by atoms with Crippen LogP contribution in [0.3, 0.4) is 0 Å². The van der Waals surface area contributed by atoms with Crippen molar-refractivity contribution in [3.8, 4) is 0 Å². The van der Waals surface area contributed by atoms with Crippen molar-refractivity contribution in [1.29, 1.82) is 0 Å². The molecule has 152 valence electrons. The van der Waals surface area contributed by atoms with Crippen molar-refractivity contribution in [2.75, 3.05) is 16.4 Å². The molecule has 4 rings (SSSR count). The maximum Gasteiger partial charge on any atom is 0.252 e. The summed E-state index contributed by atoms with van der Waals surface area (Å²) >= 11 is 17.3. The normalized spacial score (nSPS) is 24.1. The molecule has 0 bridgehead atoms. The first-order valence-corrected chi connectivity index (χ1v) is 12.9. The standard InChI is InChI=1S/C19H15BrCl2N2O3S2/c20-12-5-6-15(14(22)8-12)24-16-9-29(26,27)10-17(16)28-19(24)23-18(25)7-11-3-1-2-4-13(11)21/h1-6,8,16-17H,7,9-10H2/t16-,17-/m0/s1.